The molecule has 0 radical (unpaired) electrons. The fraction of sp³-hybridized carbons (Fsp3) is 0.357. The van der Waals surface area contributed by atoms with Crippen LogP contribution in [0.1, 0.15) is 25.8 Å². The Hall–Kier alpha value is -1.71. The number of nitrogens with zero attached hydrogens (tertiary/aromatic N) is 1. The van der Waals surface area contributed by atoms with Gasteiger partial charge in [-0.25, -0.2) is 8.78 Å². The second-order valence-corrected chi connectivity index (χ2v) is 4.19. The van der Waals surface area contributed by atoms with E-state index < -0.39 is 11.6 Å². The first-order valence-corrected chi connectivity index (χ1v) is 5.81. The molecule has 98 valence electrons. The summed E-state index contributed by atoms with van der Waals surface area (Å²) in [5, 5.41) is 0. The number of halogens is 2. The lowest BCUT2D eigenvalue weighted by molar-refractivity contribution is -0.126. The number of carbonyl (C=O) groups is 1. The van der Waals surface area contributed by atoms with E-state index >= 15 is 0 Å². The summed E-state index contributed by atoms with van der Waals surface area (Å²) in [6, 6.07) is 3.36. The van der Waals surface area contributed by atoms with E-state index in [1.807, 2.05) is 13.0 Å². The van der Waals surface area contributed by atoms with Crippen molar-refractivity contribution in [2.45, 2.75) is 26.8 Å². The summed E-state index contributed by atoms with van der Waals surface area (Å²) >= 11 is 0. The first-order valence-electron chi connectivity index (χ1n) is 5.81. The molecule has 0 spiro atoms. The van der Waals surface area contributed by atoms with E-state index in [9.17, 15) is 13.6 Å². The summed E-state index contributed by atoms with van der Waals surface area (Å²) in [7, 11) is 1.60. The Morgan fingerprint density at radius 3 is 2.61 bits per heavy atom. The molecule has 0 atom stereocenters. The minimum absolute atomic E-state index is 0.125. The molecule has 0 unspecified atom stereocenters. The average Bonchev–Trinajstić information content (AvgIpc) is 2.32. The Balaban J connectivity index is 2.78. The number of rotatable bonds is 4. The molecular formula is C14H17F2NO. The summed E-state index contributed by atoms with van der Waals surface area (Å²) < 4.78 is 26.2. The van der Waals surface area contributed by atoms with Crippen molar-refractivity contribution in [3.63, 3.8) is 0 Å². The highest BCUT2D eigenvalue weighted by Gasteiger charge is 2.13. The van der Waals surface area contributed by atoms with Gasteiger partial charge in [-0.05, 0) is 19.4 Å². The largest absolute Gasteiger partial charge is 0.338 e. The first kappa shape index (κ1) is 14.4. The highest BCUT2D eigenvalue weighted by molar-refractivity contribution is 5.92. The maximum absolute atomic E-state index is 13.4. The molecular weight excluding hydrogens is 236 g/mol. The summed E-state index contributed by atoms with van der Waals surface area (Å²) in [4.78, 5) is 13.3. The van der Waals surface area contributed by atoms with Crippen molar-refractivity contribution in [3.05, 3.63) is 47.0 Å². The zero-order valence-electron chi connectivity index (χ0n) is 10.8. The van der Waals surface area contributed by atoms with Crippen LogP contribution in [-0.2, 0) is 11.3 Å². The Labute approximate surface area is 106 Å². The molecule has 1 rings (SSSR count). The molecule has 0 saturated carbocycles. The fourth-order valence-electron chi connectivity index (χ4n) is 1.67. The molecule has 0 aliphatic rings. The van der Waals surface area contributed by atoms with Gasteiger partial charge in [0.2, 0.25) is 5.91 Å². The zero-order chi connectivity index (χ0) is 13.7. The number of likely N-dealkylation sites (N-methyl/N-ethyl adjacent to an activating group) is 1. The molecule has 1 amide bonds. The molecule has 4 heteroatoms. The molecule has 0 aromatic heterocycles. The predicted octanol–water partition coefficient (Wildman–Crippen LogP) is 3.28. The molecule has 0 aliphatic carbocycles. The summed E-state index contributed by atoms with van der Waals surface area (Å²) in [6.07, 6.45) is 2.59. The van der Waals surface area contributed by atoms with Crippen LogP contribution < -0.4 is 0 Å². The van der Waals surface area contributed by atoms with Gasteiger partial charge in [-0.3, -0.25) is 4.79 Å². The molecule has 2 nitrogen and oxygen atoms in total. The van der Waals surface area contributed by atoms with Crippen LogP contribution in [0, 0.1) is 11.6 Å². The number of hydrogen-bond acceptors (Lipinski definition) is 1. The van der Waals surface area contributed by atoms with Crippen LogP contribution in [-0.4, -0.2) is 17.9 Å². The average molecular weight is 253 g/mol. The fourth-order valence-corrected chi connectivity index (χ4v) is 1.67. The lowest BCUT2D eigenvalue weighted by atomic mass is 10.1. The summed E-state index contributed by atoms with van der Waals surface area (Å²) in [5.74, 6) is -1.40. The number of carbonyl (C=O) groups excluding carboxylic acids is 1. The third-order valence-electron chi connectivity index (χ3n) is 2.62. The van der Waals surface area contributed by atoms with E-state index in [1.165, 1.54) is 17.0 Å². The quantitative estimate of drug-likeness (QED) is 0.754. The smallest absolute Gasteiger partial charge is 0.249 e. The maximum Gasteiger partial charge on any atom is 0.249 e. The van der Waals surface area contributed by atoms with Crippen molar-refractivity contribution in [1.82, 2.24) is 4.90 Å². The molecule has 18 heavy (non-hydrogen) atoms. The van der Waals surface area contributed by atoms with Gasteiger partial charge in [-0.1, -0.05) is 19.1 Å². The first-order chi connectivity index (χ1) is 8.45. The second kappa shape index (κ2) is 6.28. The van der Waals surface area contributed by atoms with Crippen LogP contribution in [0.5, 0.6) is 0 Å². The van der Waals surface area contributed by atoms with Crippen LogP contribution in [0.4, 0.5) is 8.78 Å². The van der Waals surface area contributed by atoms with Crippen LogP contribution in [0.2, 0.25) is 0 Å². The minimum atomic E-state index is -0.633. The number of hydrogen-bond donors (Lipinski definition) is 0. The monoisotopic (exact) mass is 253 g/mol. The van der Waals surface area contributed by atoms with Crippen LogP contribution in [0.3, 0.4) is 0 Å². The van der Waals surface area contributed by atoms with Crippen molar-refractivity contribution in [2.75, 3.05) is 7.05 Å². The van der Waals surface area contributed by atoms with E-state index in [1.54, 1.807) is 14.0 Å². The van der Waals surface area contributed by atoms with E-state index in [4.69, 9.17) is 0 Å². The normalized spacial score (nSPS) is 11.5. The maximum atomic E-state index is 13.4. The highest BCUT2D eigenvalue weighted by atomic mass is 19.1. The van der Waals surface area contributed by atoms with Gasteiger partial charge in [-0.2, -0.15) is 0 Å². The van der Waals surface area contributed by atoms with Crippen LogP contribution in [0.15, 0.2) is 29.8 Å². The van der Waals surface area contributed by atoms with Gasteiger partial charge >= 0.3 is 0 Å². The lowest BCUT2D eigenvalue weighted by Gasteiger charge is -2.18. The van der Waals surface area contributed by atoms with Gasteiger partial charge in [-0.15, -0.1) is 0 Å². The van der Waals surface area contributed by atoms with Gasteiger partial charge in [0.05, 0.1) is 0 Å². The second-order valence-electron chi connectivity index (χ2n) is 4.19. The highest BCUT2D eigenvalue weighted by Crippen LogP contribution is 2.13. The topological polar surface area (TPSA) is 20.3 Å². The number of allylic oxidation sites excluding steroid dienone is 1. The van der Waals surface area contributed by atoms with Gasteiger partial charge in [0.15, 0.2) is 0 Å². The predicted molar refractivity (Wildman–Crippen MR) is 66.9 cm³/mol. The molecule has 1 aromatic carbocycles. The van der Waals surface area contributed by atoms with Crippen molar-refractivity contribution in [3.8, 4) is 0 Å². The number of benzene rings is 1. The van der Waals surface area contributed by atoms with Crippen molar-refractivity contribution < 1.29 is 13.6 Å². The van der Waals surface area contributed by atoms with Crippen LogP contribution >= 0.6 is 0 Å². The molecule has 0 N–H and O–H groups in total. The van der Waals surface area contributed by atoms with Gasteiger partial charge < -0.3 is 4.90 Å². The van der Waals surface area contributed by atoms with Crippen LogP contribution in [0.25, 0.3) is 0 Å². The van der Waals surface area contributed by atoms with Gasteiger partial charge in [0, 0.05) is 30.8 Å². The Morgan fingerprint density at radius 1 is 1.39 bits per heavy atom. The van der Waals surface area contributed by atoms with E-state index in [0.29, 0.717) is 11.1 Å². The Morgan fingerprint density at radius 2 is 2.06 bits per heavy atom. The summed E-state index contributed by atoms with van der Waals surface area (Å²) in [5.41, 5.74) is 0.930. The third-order valence-corrected chi connectivity index (χ3v) is 2.62. The lowest BCUT2D eigenvalue weighted by Crippen LogP contribution is -2.27. The minimum Gasteiger partial charge on any atom is -0.338 e. The Bertz CT molecular complexity index is 469. The summed E-state index contributed by atoms with van der Waals surface area (Å²) in [6.45, 7) is 3.79. The van der Waals surface area contributed by atoms with Crippen molar-refractivity contribution >= 4 is 5.91 Å². The molecule has 0 saturated heterocycles. The van der Waals surface area contributed by atoms with Crippen molar-refractivity contribution in [1.29, 1.82) is 0 Å². The molecule has 0 aliphatic heterocycles. The van der Waals surface area contributed by atoms with Crippen molar-refractivity contribution in [2.24, 2.45) is 0 Å². The van der Waals surface area contributed by atoms with E-state index in [-0.39, 0.29) is 12.5 Å². The SMILES string of the molecule is CC/C=C(/C)C(=O)N(C)Cc1ccc(F)cc1F. The zero-order valence-corrected chi connectivity index (χ0v) is 10.8. The standard InChI is InChI=1S/C14H17F2NO/c1-4-5-10(2)14(18)17(3)9-11-6-7-12(15)8-13(11)16/h5-8H,4,9H2,1-3H3/b10-5-. The number of amides is 1. The van der Waals surface area contributed by atoms with E-state index in [2.05, 4.69) is 0 Å². The Kier molecular flexibility index (Phi) is 5.01. The molecule has 1 aromatic rings. The molecule has 0 fully saturated rings. The van der Waals surface area contributed by atoms with Gasteiger partial charge in [0.1, 0.15) is 11.6 Å². The van der Waals surface area contributed by atoms with E-state index in [0.717, 1.165) is 12.5 Å². The van der Waals surface area contributed by atoms with Gasteiger partial charge in [0.25, 0.3) is 0 Å². The molecule has 0 bridgehead atoms. The third kappa shape index (κ3) is 3.65. The molecule has 0 heterocycles.